The van der Waals surface area contributed by atoms with Gasteiger partial charge in [0.15, 0.2) is 0 Å². The number of aldehydes is 1. The molecule has 1 rings (SSSR count). The van der Waals surface area contributed by atoms with E-state index in [0.717, 1.165) is 25.7 Å². The maximum absolute atomic E-state index is 11.8. The molecule has 1 aliphatic rings. The van der Waals surface area contributed by atoms with Crippen LogP contribution >= 0.6 is 0 Å². The number of hydrogen-bond acceptors (Lipinski definition) is 4. The fraction of sp³-hybridized carbons (Fsp3) is 0.846. The van der Waals surface area contributed by atoms with Crippen LogP contribution in [0.1, 0.15) is 26.7 Å². The maximum atomic E-state index is 11.8. The lowest BCUT2D eigenvalue weighted by Crippen LogP contribution is -2.45. The lowest BCUT2D eigenvalue weighted by molar-refractivity contribution is -0.124. The van der Waals surface area contributed by atoms with E-state index in [1.54, 1.807) is 0 Å². The number of nitrogens with zero attached hydrogens (tertiary/aromatic N) is 1. The van der Waals surface area contributed by atoms with Gasteiger partial charge in [-0.1, -0.05) is 0 Å². The van der Waals surface area contributed by atoms with E-state index in [4.69, 9.17) is 4.74 Å². The van der Waals surface area contributed by atoms with Crippen molar-refractivity contribution in [1.82, 2.24) is 10.2 Å². The Morgan fingerprint density at radius 2 is 2.39 bits per heavy atom. The lowest BCUT2D eigenvalue weighted by Gasteiger charge is -2.29. The minimum Gasteiger partial charge on any atom is -0.380 e. The molecular weight excluding hydrogens is 232 g/mol. The van der Waals surface area contributed by atoms with Crippen LogP contribution in [0.4, 0.5) is 0 Å². The van der Waals surface area contributed by atoms with Crippen LogP contribution in [0.5, 0.6) is 0 Å². The van der Waals surface area contributed by atoms with Gasteiger partial charge in [-0.15, -0.1) is 0 Å². The smallest absolute Gasteiger partial charge is 0.234 e. The summed E-state index contributed by atoms with van der Waals surface area (Å²) in [5.74, 6) is 0.0983. The minimum absolute atomic E-state index is 0.00810. The van der Waals surface area contributed by atoms with Crippen molar-refractivity contribution in [2.45, 2.75) is 32.7 Å². The van der Waals surface area contributed by atoms with Gasteiger partial charge in [-0.25, -0.2) is 0 Å². The topological polar surface area (TPSA) is 58.6 Å². The summed E-state index contributed by atoms with van der Waals surface area (Å²) in [6.07, 6.45) is 2.94. The third-order valence-electron chi connectivity index (χ3n) is 3.08. The summed E-state index contributed by atoms with van der Waals surface area (Å²) >= 11 is 0. The third-order valence-corrected chi connectivity index (χ3v) is 3.08. The molecule has 0 radical (unpaired) electrons. The Labute approximate surface area is 109 Å². The molecule has 0 aromatic carbocycles. The molecule has 5 nitrogen and oxygen atoms in total. The molecule has 2 atom stereocenters. The molecule has 5 heteroatoms. The number of nitrogens with one attached hydrogen (secondary N) is 1. The van der Waals surface area contributed by atoms with Gasteiger partial charge in [0.05, 0.1) is 13.2 Å². The molecule has 0 bridgehead atoms. The van der Waals surface area contributed by atoms with Crippen molar-refractivity contribution in [3.8, 4) is 0 Å². The van der Waals surface area contributed by atoms with Gasteiger partial charge in [0.1, 0.15) is 6.29 Å². The number of rotatable bonds is 7. The Bertz CT molecular complexity index is 271. The molecule has 0 aliphatic carbocycles. The zero-order chi connectivity index (χ0) is 13.4. The molecule has 0 aromatic heterocycles. The molecule has 0 saturated carbocycles. The maximum Gasteiger partial charge on any atom is 0.234 e. The summed E-state index contributed by atoms with van der Waals surface area (Å²) in [6, 6.07) is 0.0316. The van der Waals surface area contributed by atoms with E-state index in [9.17, 15) is 9.59 Å². The molecule has 1 amide bonds. The fourth-order valence-electron chi connectivity index (χ4n) is 2.21. The van der Waals surface area contributed by atoms with Crippen molar-refractivity contribution in [2.75, 3.05) is 32.8 Å². The van der Waals surface area contributed by atoms with Crippen LogP contribution in [0.2, 0.25) is 0 Å². The molecular formula is C13H24N2O3. The first-order valence-electron chi connectivity index (χ1n) is 6.70. The first-order valence-corrected chi connectivity index (χ1v) is 6.70. The van der Waals surface area contributed by atoms with Crippen molar-refractivity contribution in [3.05, 3.63) is 0 Å². The Balaban J connectivity index is 2.24. The molecule has 0 spiro atoms. The van der Waals surface area contributed by atoms with E-state index in [2.05, 4.69) is 5.32 Å². The number of likely N-dealkylation sites (tertiary alicyclic amines) is 1. The van der Waals surface area contributed by atoms with Crippen LogP contribution in [0.25, 0.3) is 0 Å². The number of hydrogen-bond donors (Lipinski definition) is 1. The lowest BCUT2D eigenvalue weighted by atomic mass is 10.00. The van der Waals surface area contributed by atoms with Crippen LogP contribution in [-0.2, 0) is 14.3 Å². The van der Waals surface area contributed by atoms with Gasteiger partial charge in [-0.05, 0) is 33.2 Å². The number of carbonyl (C=O) groups is 2. The Morgan fingerprint density at radius 1 is 1.61 bits per heavy atom. The van der Waals surface area contributed by atoms with Gasteiger partial charge >= 0.3 is 0 Å². The first kappa shape index (κ1) is 15.1. The summed E-state index contributed by atoms with van der Waals surface area (Å²) < 4.78 is 5.25. The van der Waals surface area contributed by atoms with Crippen LogP contribution in [0.15, 0.2) is 0 Å². The van der Waals surface area contributed by atoms with Gasteiger partial charge in [0.2, 0.25) is 5.91 Å². The average molecular weight is 256 g/mol. The molecule has 1 fully saturated rings. The number of piperidine rings is 1. The summed E-state index contributed by atoms with van der Waals surface area (Å²) in [5, 5.41) is 2.90. The van der Waals surface area contributed by atoms with E-state index in [-0.39, 0.29) is 17.9 Å². The zero-order valence-corrected chi connectivity index (χ0v) is 11.4. The van der Waals surface area contributed by atoms with E-state index in [1.807, 2.05) is 18.7 Å². The summed E-state index contributed by atoms with van der Waals surface area (Å²) in [5.41, 5.74) is 0. The second kappa shape index (κ2) is 8.21. The largest absolute Gasteiger partial charge is 0.380 e. The second-order valence-corrected chi connectivity index (χ2v) is 4.90. The normalized spacial score (nSPS) is 22.4. The van der Waals surface area contributed by atoms with Crippen molar-refractivity contribution in [3.63, 3.8) is 0 Å². The monoisotopic (exact) mass is 256 g/mol. The number of carbonyl (C=O) groups excluding carboxylic acids is 2. The molecule has 2 unspecified atom stereocenters. The predicted molar refractivity (Wildman–Crippen MR) is 69.3 cm³/mol. The van der Waals surface area contributed by atoms with E-state index >= 15 is 0 Å². The first-order chi connectivity index (χ1) is 8.65. The molecule has 1 saturated heterocycles. The standard InChI is InChI=1S/C13H24N2O3/c1-3-18-10-11(2)14-13(17)8-15-6-4-5-12(7-15)9-16/h9,11-12H,3-8,10H2,1-2H3,(H,14,17). The van der Waals surface area contributed by atoms with Crippen LogP contribution in [0.3, 0.4) is 0 Å². The van der Waals surface area contributed by atoms with Gasteiger partial charge in [0, 0.05) is 25.1 Å². The summed E-state index contributed by atoms with van der Waals surface area (Å²) in [7, 11) is 0. The highest BCUT2D eigenvalue weighted by molar-refractivity contribution is 5.78. The highest BCUT2D eigenvalue weighted by atomic mass is 16.5. The molecule has 1 heterocycles. The zero-order valence-electron chi connectivity index (χ0n) is 11.4. The van der Waals surface area contributed by atoms with Gasteiger partial charge in [0.25, 0.3) is 0 Å². The highest BCUT2D eigenvalue weighted by Gasteiger charge is 2.21. The summed E-state index contributed by atoms with van der Waals surface area (Å²) in [6.45, 7) is 7.04. The molecule has 104 valence electrons. The quantitative estimate of drug-likeness (QED) is 0.671. The molecule has 1 aliphatic heterocycles. The van der Waals surface area contributed by atoms with Gasteiger partial charge < -0.3 is 14.8 Å². The predicted octanol–water partition coefficient (Wildman–Crippen LogP) is 0.438. The van der Waals surface area contributed by atoms with Crippen LogP contribution in [-0.4, -0.2) is 56.0 Å². The summed E-state index contributed by atoms with van der Waals surface area (Å²) in [4.78, 5) is 24.6. The Hall–Kier alpha value is -0.940. The molecule has 18 heavy (non-hydrogen) atoms. The Kier molecular flexibility index (Phi) is 6.90. The van der Waals surface area contributed by atoms with Gasteiger partial charge in [-0.2, -0.15) is 0 Å². The number of amides is 1. The van der Waals surface area contributed by atoms with Crippen molar-refractivity contribution in [1.29, 1.82) is 0 Å². The van der Waals surface area contributed by atoms with Gasteiger partial charge in [-0.3, -0.25) is 9.69 Å². The fourth-order valence-corrected chi connectivity index (χ4v) is 2.21. The van der Waals surface area contributed by atoms with Crippen molar-refractivity contribution < 1.29 is 14.3 Å². The highest BCUT2D eigenvalue weighted by Crippen LogP contribution is 2.13. The molecule has 1 N–H and O–H groups in total. The number of ether oxygens (including phenoxy) is 1. The van der Waals surface area contributed by atoms with E-state index < -0.39 is 0 Å². The SMILES string of the molecule is CCOCC(C)NC(=O)CN1CCCC(C=O)C1. The second-order valence-electron chi connectivity index (χ2n) is 4.90. The van der Waals surface area contributed by atoms with Crippen LogP contribution < -0.4 is 5.32 Å². The third kappa shape index (κ3) is 5.60. The molecule has 0 aromatic rings. The average Bonchev–Trinajstić information content (AvgIpc) is 2.36. The van der Waals surface area contributed by atoms with E-state index in [0.29, 0.717) is 26.3 Å². The van der Waals surface area contributed by atoms with Crippen molar-refractivity contribution >= 4 is 12.2 Å². The van der Waals surface area contributed by atoms with Crippen LogP contribution in [0, 0.1) is 5.92 Å². The minimum atomic E-state index is 0.00810. The Morgan fingerprint density at radius 3 is 3.06 bits per heavy atom. The van der Waals surface area contributed by atoms with E-state index in [1.165, 1.54) is 0 Å². The van der Waals surface area contributed by atoms with Crippen molar-refractivity contribution in [2.24, 2.45) is 5.92 Å².